The minimum Gasteiger partial charge on any atom is -0.457 e. The molecule has 8 nitrogen and oxygen atoms in total. The Balaban J connectivity index is 4.05. The van der Waals surface area contributed by atoms with Crippen LogP contribution in [0.25, 0.3) is 0 Å². The first-order chi connectivity index (χ1) is 27.4. The van der Waals surface area contributed by atoms with Crippen molar-refractivity contribution in [3.05, 3.63) is 60.8 Å². The first-order valence-corrected chi connectivity index (χ1v) is 24.3. The highest BCUT2D eigenvalue weighted by atomic mass is 31.2. The zero-order valence-corrected chi connectivity index (χ0v) is 37.0. The summed E-state index contributed by atoms with van der Waals surface area (Å²) in [5, 5.41) is 0. The molecule has 3 N–H and O–H groups in total. The molecular weight excluding hydrogens is 721 g/mol. The van der Waals surface area contributed by atoms with Gasteiger partial charge in [-0.25, -0.2) is 4.57 Å². The monoisotopic (exact) mass is 808 g/mol. The minimum atomic E-state index is -4.29. The van der Waals surface area contributed by atoms with E-state index in [1.807, 2.05) is 0 Å². The molecule has 0 amide bonds. The van der Waals surface area contributed by atoms with Crippen LogP contribution in [0, 0.1) is 0 Å². The van der Waals surface area contributed by atoms with E-state index in [-0.39, 0.29) is 32.3 Å². The Labute approximate surface area is 344 Å². The number of esters is 1. The topological polar surface area (TPSA) is 117 Å². The predicted octanol–water partition coefficient (Wildman–Crippen LogP) is 13.8. The van der Waals surface area contributed by atoms with Gasteiger partial charge in [-0.1, -0.05) is 171 Å². The van der Waals surface area contributed by atoms with Crippen LogP contribution < -0.4 is 5.73 Å². The summed E-state index contributed by atoms with van der Waals surface area (Å²) in [4.78, 5) is 22.5. The molecule has 326 valence electrons. The molecule has 0 aliphatic carbocycles. The Kier molecular flexibility index (Phi) is 42.9. The maximum Gasteiger partial charge on any atom is 0.472 e. The normalized spacial score (nSPS) is 14.0. The van der Waals surface area contributed by atoms with Gasteiger partial charge in [0.2, 0.25) is 0 Å². The second-order valence-electron chi connectivity index (χ2n) is 14.9. The Bertz CT molecular complexity index is 1040. The first kappa shape index (κ1) is 54.2. The number of allylic oxidation sites excluding steroid dienone is 10. The summed E-state index contributed by atoms with van der Waals surface area (Å²) in [6.45, 7) is 4.76. The van der Waals surface area contributed by atoms with Crippen LogP contribution >= 0.6 is 7.82 Å². The summed E-state index contributed by atoms with van der Waals surface area (Å²) in [6, 6.07) is 0. The third-order valence-corrected chi connectivity index (χ3v) is 10.4. The fourth-order valence-corrected chi connectivity index (χ4v) is 6.87. The zero-order valence-electron chi connectivity index (χ0n) is 36.1. The van der Waals surface area contributed by atoms with Gasteiger partial charge in [-0.15, -0.1) is 0 Å². The largest absolute Gasteiger partial charge is 0.472 e. The Morgan fingerprint density at radius 3 is 1.52 bits per heavy atom. The maximum absolute atomic E-state index is 12.6. The van der Waals surface area contributed by atoms with Gasteiger partial charge in [0.15, 0.2) is 0 Å². The van der Waals surface area contributed by atoms with Gasteiger partial charge in [0.05, 0.1) is 19.8 Å². The fourth-order valence-electron chi connectivity index (χ4n) is 6.10. The molecule has 0 aromatic carbocycles. The SMILES string of the molecule is CC/C=C\C/C=C\C/C=C\C/C=C\CCCCCCCOCC(COP(=O)(O)OCCN)OC(=O)CCCCCCCCCCC/C=C\CCCCCCCC. The highest BCUT2D eigenvalue weighted by Crippen LogP contribution is 2.43. The highest BCUT2D eigenvalue weighted by molar-refractivity contribution is 7.47. The van der Waals surface area contributed by atoms with Gasteiger partial charge in [0, 0.05) is 19.6 Å². The van der Waals surface area contributed by atoms with Crippen molar-refractivity contribution in [2.45, 2.75) is 200 Å². The lowest BCUT2D eigenvalue weighted by atomic mass is 10.1. The van der Waals surface area contributed by atoms with Gasteiger partial charge in [-0.3, -0.25) is 13.8 Å². The van der Waals surface area contributed by atoms with E-state index in [2.05, 4.69) is 74.6 Å². The van der Waals surface area contributed by atoms with E-state index >= 15 is 0 Å². The van der Waals surface area contributed by atoms with Crippen molar-refractivity contribution >= 4 is 13.8 Å². The molecular formula is C47H86NO7P. The molecule has 0 radical (unpaired) electrons. The molecule has 0 heterocycles. The minimum absolute atomic E-state index is 0.0944. The molecule has 9 heteroatoms. The number of hydrogen-bond donors (Lipinski definition) is 2. The third-order valence-electron chi connectivity index (χ3n) is 9.42. The van der Waals surface area contributed by atoms with Crippen molar-refractivity contribution in [1.29, 1.82) is 0 Å². The molecule has 0 aliphatic heterocycles. The van der Waals surface area contributed by atoms with Crippen molar-refractivity contribution in [3.63, 3.8) is 0 Å². The molecule has 0 rings (SSSR count). The smallest absolute Gasteiger partial charge is 0.457 e. The Hall–Kier alpha value is -1.80. The average molecular weight is 808 g/mol. The van der Waals surface area contributed by atoms with Crippen LogP contribution in [-0.4, -0.2) is 49.9 Å². The van der Waals surface area contributed by atoms with Gasteiger partial charge in [-0.2, -0.15) is 0 Å². The quantitative estimate of drug-likeness (QED) is 0.0271. The molecule has 0 fully saturated rings. The molecule has 0 saturated carbocycles. The Morgan fingerprint density at radius 2 is 1.00 bits per heavy atom. The summed E-state index contributed by atoms with van der Waals surface area (Å²) in [7, 11) is -4.29. The molecule has 0 aliphatic rings. The number of phosphoric ester groups is 1. The summed E-state index contributed by atoms with van der Waals surface area (Å²) in [5.41, 5.74) is 5.37. The predicted molar refractivity (Wildman–Crippen MR) is 238 cm³/mol. The number of hydrogen-bond acceptors (Lipinski definition) is 7. The number of nitrogens with two attached hydrogens (primary N) is 1. The van der Waals surface area contributed by atoms with Gasteiger partial charge >= 0.3 is 13.8 Å². The maximum atomic E-state index is 12.6. The molecule has 0 saturated heterocycles. The summed E-state index contributed by atoms with van der Waals surface area (Å²) in [6.07, 6.45) is 53.8. The molecule has 56 heavy (non-hydrogen) atoms. The summed E-state index contributed by atoms with van der Waals surface area (Å²) >= 11 is 0. The lowest BCUT2D eigenvalue weighted by Crippen LogP contribution is -2.28. The number of phosphoric acid groups is 1. The van der Waals surface area contributed by atoms with Crippen LogP contribution in [-0.2, 0) is 27.9 Å². The van der Waals surface area contributed by atoms with Crippen molar-refractivity contribution in [3.8, 4) is 0 Å². The third kappa shape index (κ3) is 43.3. The molecule has 0 aromatic heterocycles. The molecule has 0 spiro atoms. The van der Waals surface area contributed by atoms with E-state index in [1.165, 1.54) is 103 Å². The van der Waals surface area contributed by atoms with Crippen LogP contribution in [0.5, 0.6) is 0 Å². The van der Waals surface area contributed by atoms with Crippen molar-refractivity contribution in [1.82, 2.24) is 0 Å². The van der Waals surface area contributed by atoms with Crippen molar-refractivity contribution < 1.29 is 32.8 Å². The van der Waals surface area contributed by atoms with Gasteiger partial charge in [-0.05, 0) is 77.0 Å². The van der Waals surface area contributed by atoms with Crippen LogP contribution in [0.15, 0.2) is 60.8 Å². The number of unbranched alkanes of at least 4 members (excludes halogenated alkanes) is 20. The van der Waals surface area contributed by atoms with Crippen LogP contribution in [0.3, 0.4) is 0 Å². The molecule has 0 bridgehead atoms. The highest BCUT2D eigenvalue weighted by Gasteiger charge is 2.25. The molecule has 0 aromatic rings. The van der Waals surface area contributed by atoms with Gasteiger partial charge in [0.1, 0.15) is 6.10 Å². The standard InChI is InChI=1S/C47H86NO7P/c1-3-5-7-9-11-13-15-17-19-21-23-24-26-28-30-32-34-36-38-40-47(49)55-46(45-54-56(50,51)53-43-41-48)44-52-42-39-37-35-33-31-29-27-25-22-20-18-16-14-12-10-8-6-4-2/h6,8,12,14,17-20,25,27,46H,3-5,7,9-11,13,15-16,21-24,26,28-45,48H2,1-2H3,(H,50,51)/b8-6-,14-12-,19-17-,20-18-,27-25-. The molecule has 2 unspecified atom stereocenters. The lowest BCUT2D eigenvalue weighted by molar-refractivity contribution is -0.154. The van der Waals surface area contributed by atoms with E-state index in [0.29, 0.717) is 13.0 Å². The zero-order chi connectivity index (χ0) is 40.9. The van der Waals surface area contributed by atoms with Crippen LogP contribution in [0.2, 0.25) is 0 Å². The van der Waals surface area contributed by atoms with Gasteiger partial charge in [0.25, 0.3) is 0 Å². The van der Waals surface area contributed by atoms with Crippen molar-refractivity contribution in [2.75, 3.05) is 33.0 Å². The lowest BCUT2D eigenvalue weighted by Gasteiger charge is -2.20. The van der Waals surface area contributed by atoms with Crippen LogP contribution in [0.4, 0.5) is 0 Å². The average Bonchev–Trinajstić information content (AvgIpc) is 3.19. The van der Waals surface area contributed by atoms with Gasteiger partial charge < -0.3 is 20.1 Å². The number of carbonyl (C=O) groups is 1. The number of carbonyl (C=O) groups excluding carboxylic acids is 1. The van der Waals surface area contributed by atoms with Crippen molar-refractivity contribution in [2.24, 2.45) is 5.73 Å². The van der Waals surface area contributed by atoms with Crippen LogP contribution in [0.1, 0.15) is 194 Å². The fraction of sp³-hybridized carbons (Fsp3) is 0.766. The van der Waals surface area contributed by atoms with E-state index in [0.717, 1.165) is 70.6 Å². The Morgan fingerprint density at radius 1 is 0.554 bits per heavy atom. The van der Waals surface area contributed by atoms with E-state index < -0.39 is 13.9 Å². The van der Waals surface area contributed by atoms with E-state index in [1.54, 1.807) is 0 Å². The first-order valence-electron chi connectivity index (χ1n) is 22.8. The number of rotatable bonds is 43. The summed E-state index contributed by atoms with van der Waals surface area (Å²) in [5.74, 6) is -0.341. The van der Waals surface area contributed by atoms with E-state index in [9.17, 15) is 14.3 Å². The second-order valence-corrected chi connectivity index (χ2v) is 16.3. The van der Waals surface area contributed by atoms with E-state index in [4.69, 9.17) is 24.3 Å². The number of ether oxygens (including phenoxy) is 2. The summed E-state index contributed by atoms with van der Waals surface area (Å²) < 4.78 is 33.5. The molecule has 2 atom stereocenters. The second kappa shape index (κ2) is 44.3.